The first kappa shape index (κ1) is 21.5. The average molecular weight is 428 g/mol. The lowest BCUT2D eigenvalue weighted by Gasteiger charge is -2.27. The van der Waals surface area contributed by atoms with E-state index in [1.54, 1.807) is 6.07 Å². The van der Waals surface area contributed by atoms with Crippen molar-refractivity contribution in [2.45, 2.75) is 0 Å². The second kappa shape index (κ2) is 8.66. The number of phenolic OH excluding ortho intramolecular Hbond substituents is 1. The summed E-state index contributed by atoms with van der Waals surface area (Å²) in [5.41, 5.74) is 0.111. The maximum Gasteiger partial charge on any atom is 0.336 e. The quantitative estimate of drug-likeness (QED) is 0.530. The van der Waals surface area contributed by atoms with Crippen molar-refractivity contribution in [3.8, 4) is 28.7 Å². The predicted octanol–water partition coefficient (Wildman–Crippen LogP) is 2.09. The summed E-state index contributed by atoms with van der Waals surface area (Å²) in [4.78, 5) is 38.9. The molecule has 0 saturated carbocycles. The van der Waals surface area contributed by atoms with Crippen LogP contribution in [-0.2, 0) is 9.59 Å². The van der Waals surface area contributed by atoms with Gasteiger partial charge in [-0.2, -0.15) is 0 Å². The van der Waals surface area contributed by atoms with Gasteiger partial charge in [-0.25, -0.2) is 9.69 Å². The van der Waals surface area contributed by atoms with Crippen LogP contribution in [0.2, 0.25) is 0 Å². The third-order valence-electron chi connectivity index (χ3n) is 4.54. The summed E-state index contributed by atoms with van der Waals surface area (Å²) in [7, 11) is 5.51. The standard InChI is InChI=1S/C21H20N2O8/c1-28-12-5-6-15(29-2)14(10-12)23-20(26)13(19(25)22-21(23)27)7-11-8-16(30-3)18(24)17(9-11)31-4/h5-10,24H,1-4H3,(H,22,25,27). The van der Waals surface area contributed by atoms with E-state index >= 15 is 0 Å². The summed E-state index contributed by atoms with van der Waals surface area (Å²) in [5.74, 6) is -1.21. The van der Waals surface area contributed by atoms with Gasteiger partial charge in [-0.15, -0.1) is 0 Å². The molecule has 31 heavy (non-hydrogen) atoms. The summed E-state index contributed by atoms with van der Waals surface area (Å²) < 4.78 is 20.6. The van der Waals surface area contributed by atoms with Gasteiger partial charge in [-0.1, -0.05) is 0 Å². The molecule has 162 valence electrons. The summed E-state index contributed by atoms with van der Waals surface area (Å²) in [6.45, 7) is 0. The number of nitrogens with zero attached hydrogens (tertiary/aromatic N) is 1. The van der Waals surface area contributed by atoms with Gasteiger partial charge in [0.1, 0.15) is 17.1 Å². The zero-order chi connectivity index (χ0) is 22.7. The summed E-state index contributed by atoms with van der Waals surface area (Å²) in [6, 6.07) is 6.47. The van der Waals surface area contributed by atoms with Gasteiger partial charge < -0.3 is 24.1 Å². The van der Waals surface area contributed by atoms with E-state index in [4.69, 9.17) is 18.9 Å². The van der Waals surface area contributed by atoms with E-state index in [0.29, 0.717) is 11.3 Å². The Morgan fingerprint density at radius 1 is 0.871 bits per heavy atom. The first-order valence-electron chi connectivity index (χ1n) is 8.93. The van der Waals surface area contributed by atoms with E-state index < -0.39 is 17.8 Å². The molecule has 10 nitrogen and oxygen atoms in total. The minimum Gasteiger partial charge on any atom is -0.502 e. The molecule has 0 radical (unpaired) electrons. The monoisotopic (exact) mass is 428 g/mol. The van der Waals surface area contributed by atoms with Crippen LogP contribution >= 0.6 is 0 Å². The van der Waals surface area contributed by atoms with Crippen LogP contribution in [0, 0.1) is 0 Å². The zero-order valence-electron chi connectivity index (χ0n) is 17.2. The van der Waals surface area contributed by atoms with Crippen LogP contribution < -0.4 is 29.2 Å². The second-order valence-electron chi connectivity index (χ2n) is 6.27. The second-order valence-corrected chi connectivity index (χ2v) is 6.27. The Balaban J connectivity index is 2.11. The average Bonchev–Trinajstić information content (AvgIpc) is 2.77. The highest BCUT2D eigenvalue weighted by Crippen LogP contribution is 2.38. The van der Waals surface area contributed by atoms with Gasteiger partial charge in [0.25, 0.3) is 11.8 Å². The van der Waals surface area contributed by atoms with Gasteiger partial charge >= 0.3 is 6.03 Å². The maximum absolute atomic E-state index is 13.2. The fourth-order valence-electron chi connectivity index (χ4n) is 3.01. The number of benzene rings is 2. The third-order valence-corrected chi connectivity index (χ3v) is 4.54. The number of nitrogens with one attached hydrogen (secondary N) is 1. The van der Waals surface area contributed by atoms with Crippen LogP contribution in [0.25, 0.3) is 6.08 Å². The molecule has 2 aromatic rings. The molecule has 0 spiro atoms. The number of ether oxygens (including phenoxy) is 4. The van der Waals surface area contributed by atoms with Crippen molar-refractivity contribution in [2.24, 2.45) is 0 Å². The van der Waals surface area contributed by atoms with E-state index in [-0.39, 0.29) is 34.3 Å². The minimum absolute atomic E-state index is 0.0808. The molecule has 0 aliphatic carbocycles. The number of carbonyl (C=O) groups excluding carboxylic acids is 3. The number of barbiturate groups is 1. The lowest BCUT2D eigenvalue weighted by molar-refractivity contribution is -0.122. The molecule has 1 heterocycles. The number of amides is 4. The lowest BCUT2D eigenvalue weighted by atomic mass is 10.1. The highest BCUT2D eigenvalue weighted by molar-refractivity contribution is 6.39. The Hall–Kier alpha value is -4.21. The molecule has 1 aliphatic rings. The number of carbonyl (C=O) groups is 3. The molecule has 2 aromatic carbocycles. The molecule has 0 atom stereocenters. The Morgan fingerprint density at radius 2 is 1.48 bits per heavy atom. The number of aromatic hydroxyl groups is 1. The van der Waals surface area contributed by atoms with Gasteiger partial charge in [0.2, 0.25) is 5.75 Å². The Kier molecular flexibility index (Phi) is 6.00. The fourth-order valence-corrected chi connectivity index (χ4v) is 3.01. The first-order valence-corrected chi connectivity index (χ1v) is 8.93. The van der Waals surface area contributed by atoms with Gasteiger partial charge in [-0.3, -0.25) is 14.9 Å². The fraction of sp³-hybridized carbons (Fsp3) is 0.190. The molecule has 2 N–H and O–H groups in total. The molecule has 1 saturated heterocycles. The largest absolute Gasteiger partial charge is 0.502 e. The smallest absolute Gasteiger partial charge is 0.336 e. The molecular weight excluding hydrogens is 408 g/mol. The van der Waals surface area contributed by atoms with Crippen molar-refractivity contribution in [3.05, 3.63) is 41.5 Å². The number of imide groups is 2. The molecule has 1 fully saturated rings. The molecule has 3 rings (SSSR count). The Morgan fingerprint density at radius 3 is 2.03 bits per heavy atom. The number of rotatable bonds is 6. The summed E-state index contributed by atoms with van der Waals surface area (Å²) in [6.07, 6.45) is 1.26. The molecule has 0 aromatic heterocycles. The Bertz CT molecular complexity index is 1070. The van der Waals surface area contributed by atoms with Gasteiger partial charge in [-0.05, 0) is 35.9 Å². The van der Waals surface area contributed by atoms with Crippen LogP contribution in [0.5, 0.6) is 28.7 Å². The molecule has 10 heteroatoms. The van der Waals surface area contributed by atoms with Crippen LogP contribution in [0.3, 0.4) is 0 Å². The SMILES string of the molecule is COc1ccc(OC)c(N2C(=O)NC(=O)C(=Cc3cc(OC)c(O)c(OC)c3)C2=O)c1. The number of hydrogen-bond donors (Lipinski definition) is 2. The van der Waals surface area contributed by atoms with Crippen molar-refractivity contribution >= 4 is 29.6 Å². The number of methoxy groups -OCH3 is 4. The van der Waals surface area contributed by atoms with E-state index in [9.17, 15) is 19.5 Å². The van der Waals surface area contributed by atoms with Crippen molar-refractivity contribution in [2.75, 3.05) is 33.3 Å². The summed E-state index contributed by atoms with van der Waals surface area (Å²) in [5, 5.41) is 12.2. The van der Waals surface area contributed by atoms with Crippen molar-refractivity contribution in [1.29, 1.82) is 0 Å². The first-order chi connectivity index (χ1) is 14.8. The van der Waals surface area contributed by atoms with E-state index in [0.717, 1.165) is 4.90 Å². The predicted molar refractivity (Wildman–Crippen MR) is 110 cm³/mol. The van der Waals surface area contributed by atoms with Crippen LogP contribution in [0.4, 0.5) is 10.5 Å². The summed E-state index contributed by atoms with van der Waals surface area (Å²) >= 11 is 0. The van der Waals surface area contributed by atoms with Crippen LogP contribution in [0.15, 0.2) is 35.9 Å². The third kappa shape index (κ3) is 3.95. The highest BCUT2D eigenvalue weighted by atomic mass is 16.5. The van der Waals surface area contributed by atoms with Gasteiger partial charge in [0, 0.05) is 6.07 Å². The number of anilines is 1. The lowest BCUT2D eigenvalue weighted by Crippen LogP contribution is -2.54. The number of hydrogen-bond acceptors (Lipinski definition) is 8. The molecule has 0 bridgehead atoms. The normalized spacial score (nSPS) is 15.0. The van der Waals surface area contributed by atoms with Crippen LogP contribution in [-0.4, -0.2) is 51.4 Å². The Labute approximate surface area is 177 Å². The molecule has 4 amide bonds. The van der Waals surface area contributed by atoms with E-state index in [1.807, 2.05) is 0 Å². The number of phenols is 1. The van der Waals surface area contributed by atoms with E-state index in [2.05, 4.69) is 5.32 Å². The van der Waals surface area contributed by atoms with Crippen molar-refractivity contribution < 1.29 is 38.4 Å². The van der Waals surface area contributed by atoms with Gasteiger partial charge in [0.05, 0.1) is 34.1 Å². The minimum atomic E-state index is -0.931. The van der Waals surface area contributed by atoms with Crippen molar-refractivity contribution in [3.63, 3.8) is 0 Å². The number of urea groups is 1. The zero-order valence-corrected chi connectivity index (χ0v) is 17.2. The molecule has 0 unspecified atom stereocenters. The van der Waals surface area contributed by atoms with Gasteiger partial charge in [0.15, 0.2) is 11.5 Å². The highest BCUT2D eigenvalue weighted by Gasteiger charge is 2.38. The molecular formula is C21H20N2O8. The van der Waals surface area contributed by atoms with Crippen LogP contribution in [0.1, 0.15) is 5.56 Å². The van der Waals surface area contributed by atoms with E-state index in [1.165, 1.54) is 58.8 Å². The molecule has 1 aliphatic heterocycles. The van der Waals surface area contributed by atoms with Crippen molar-refractivity contribution in [1.82, 2.24) is 5.32 Å². The topological polar surface area (TPSA) is 124 Å². The maximum atomic E-state index is 13.2.